The predicted octanol–water partition coefficient (Wildman–Crippen LogP) is 1.65. The van der Waals surface area contributed by atoms with E-state index in [1.807, 2.05) is 24.3 Å². The van der Waals surface area contributed by atoms with Gasteiger partial charge in [-0.15, -0.1) is 0 Å². The smallest absolute Gasteiger partial charge is 0.253 e. The maximum atomic E-state index is 11.8. The predicted molar refractivity (Wildman–Crippen MR) is 77.7 cm³/mol. The number of benzene rings is 1. The summed E-state index contributed by atoms with van der Waals surface area (Å²) in [7, 11) is 0. The number of nitrogens with two attached hydrogens (primary N) is 1. The first kappa shape index (κ1) is 13.2. The van der Waals surface area contributed by atoms with E-state index in [-0.39, 0.29) is 5.91 Å². The highest BCUT2D eigenvalue weighted by molar-refractivity contribution is 7.80. The van der Waals surface area contributed by atoms with Gasteiger partial charge in [0, 0.05) is 24.5 Å². The third-order valence-corrected chi connectivity index (χ3v) is 2.85. The van der Waals surface area contributed by atoms with Crippen molar-refractivity contribution < 1.29 is 4.79 Å². The minimum absolute atomic E-state index is 0.147. The van der Waals surface area contributed by atoms with Gasteiger partial charge in [0.1, 0.15) is 4.99 Å². The lowest BCUT2D eigenvalue weighted by Gasteiger charge is -2.06. The summed E-state index contributed by atoms with van der Waals surface area (Å²) in [5, 5.41) is 2.82. The molecular weight excluding hydrogens is 258 g/mol. The fourth-order valence-corrected chi connectivity index (χ4v) is 1.70. The van der Waals surface area contributed by atoms with E-state index >= 15 is 0 Å². The Morgan fingerprint density at radius 3 is 2.53 bits per heavy atom. The van der Waals surface area contributed by atoms with Crippen molar-refractivity contribution in [2.24, 2.45) is 5.73 Å². The molecule has 1 aromatic carbocycles. The molecule has 0 radical (unpaired) electrons. The van der Waals surface area contributed by atoms with Gasteiger partial charge in [-0.25, -0.2) is 0 Å². The molecule has 3 N–H and O–H groups in total. The molecule has 1 aromatic heterocycles. The zero-order chi connectivity index (χ0) is 13.7. The van der Waals surface area contributed by atoms with Gasteiger partial charge >= 0.3 is 0 Å². The number of nitrogens with one attached hydrogen (secondary N) is 1. The average molecular weight is 271 g/mol. The van der Waals surface area contributed by atoms with Gasteiger partial charge < -0.3 is 11.1 Å². The van der Waals surface area contributed by atoms with Crippen molar-refractivity contribution in [2.75, 3.05) is 0 Å². The van der Waals surface area contributed by atoms with E-state index in [0.717, 1.165) is 11.1 Å². The minimum Gasteiger partial charge on any atom is -0.389 e. The zero-order valence-electron chi connectivity index (χ0n) is 10.2. The van der Waals surface area contributed by atoms with Gasteiger partial charge in [-0.2, -0.15) is 0 Å². The van der Waals surface area contributed by atoms with E-state index in [1.54, 1.807) is 18.3 Å². The Bertz CT molecular complexity index is 581. The highest BCUT2D eigenvalue weighted by Gasteiger charge is 2.04. The van der Waals surface area contributed by atoms with Crippen LogP contribution >= 0.6 is 12.2 Å². The second-order valence-electron chi connectivity index (χ2n) is 3.99. The first-order chi connectivity index (χ1) is 9.16. The van der Waals surface area contributed by atoms with Crippen LogP contribution in [0.1, 0.15) is 21.5 Å². The summed E-state index contributed by atoms with van der Waals surface area (Å²) < 4.78 is 0. The van der Waals surface area contributed by atoms with Crippen LogP contribution in [0.2, 0.25) is 0 Å². The standard InChI is InChI=1S/C14H13N3OS/c15-13(19)11-5-3-10(4-6-11)8-17-14(18)12-2-1-7-16-9-12/h1-7,9H,8H2,(H2,15,19)(H,17,18). The number of nitrogens with zero attached hydrogens (tertiary/aromatic N) is 1. The molecule has 0 fully saturated rings. The Hall–Kier alpha value is -2.27. The van der Waals surface area contributed by atoms with Gasteiger partial charge in [-0.1, -0.05) is 36.5 Å². The Morgan fingerprint density at radius 2 is 1.95 bits per heavy atom. The van der Waals surface area contributed by atoms with Gasteiger partial charge in [-0.3, -0.25) is 9.78 Å². The molecule has 1 heterocycles. The third-order valence-electron chi connectivity index (χ3n) is 2.62. The molecule has 0 saturated carbocycles. The minimum atomic E-state index is -0.147. The highest BCUT2D eigenvalue weighted by Crippen LogP contribution is 2.05. The molecule has 2 rings (SSSR count). The molecule has 96 valence electrons. The molecule has 0 aliphatic rings. The summed E-state index contributed by atoms with van der Waals surface area (Å²) in [4.78, 5) is 16.1. The van der Waals surface area contributed by atoms with Crippen molar-refractivity contribution in [1.29, 1.82) is 0 Å². The lowest BCUT2D eigenvalue weighted by atomic mass is 10.1. The summed E-state index contributed by atoms with van der Waals surface area (Å²) in [5.74, 6) is -0.147. The molecule has 5 heteroatoms. The molecule has 0 atom stereocenters. The SMILES string of the molecule is NC(=S)c1ccc(CNC(=O)c2cccnc2)cc1. The van der Waals surface area contributed by atoms with E-state index < -0.39 is 0 Å². The molecule has 0 bridgehead atoms. The van der Waals surface area contributed by atoms with E-state index in [2.05, 4.69) is 10.3 Å². The summed E-state index contributed by atoms with van der Waals surface area (Å²) in [6.07, 6.45) is 3.16. The van der Waals surface area contributed by atoms with Crippen molar-refractivity contribution in [3.8, 4) is 0 Å². The summed E-state index contributed by atoms with van der Waals surface area (Å²) in [6, 6.07) is 10.9. The molecule has 2 aromatic rings. The summed E-state index contributed by atoms with van der Waals surface area (Å²) in [6.45, 7) is 0.450. The Labute approximate surface area is 116 Å². The second kappa shape index (κ2) is 6.06. The number of aromatic nitrogens is 1. The van der Waals surface area contributed by atoms with Crippen LogP contribution in [-0.2, 0) is 6.54 Å². The molecule has 0 spiro atoms. The van der Waals surface area contributed by atoms with Crippen LogP contribution in [0.25, 0.3) is 0 Å². The number of amides is 1. The monoisotopic (exact) mass is 271 g/mol. The highest BCUT2D eigenvalue weighted by atomic mass is 32.1. The molecule has 0 aliphatic carbocycles. The second-order valence-corrected chi connectivity index (χ2v) is 4.43. The number of carbonyl (C=O) groups is 1. The number of pyridine rings is 1. The average Bonchev–Trinajstić information content (AvgIpc) is 2.46. The Kier molecular flexibility index (Phi) is 4.20. The van der Waals surface area contributed by atoms with E-state index in [1.165, 1.54) is 6.20 Å². The van der Waals surface area contributed by atoms with Crippen molar-refractivity contribution >= 4 is 23.1 Å². The Morgan fingerprint density at radius 1 is 1.21 bits per heavy atom. The van der Waals surface area contributed by atoms with Gasteiger partial charge in [-0.05, 0) is 17.7 Å². The van der Waals surface area contributed by atoms with Crippen LogP contribution < -0.4 is 11.1 Å². The first-order valence-corrected chi connectivity index (χ1v) is 6.14. The van der Waals surface area contributed by atoms with E-state index in [4.69, 9.17) is 18.0 Å². The van der Waals surface area contributed by atoms with Gasteiger partial charge in [0.2, 0.25) is 0 Å². The largest absolute Gasteiger partial charge is 0.389 e. The van der Waals surface area contributed by atoms with Crippen molar-refractivity contribution in [3.05, 3.63) is 65.5 Å². The molecule has 0 aliphatic heterocycles. The van der Waals surface area contributed by atoms with E-state index in [0.29, 0.717) is 17.1 Å². The van der Waals surface area contributed by atoms with Crippen LogP contribution in [0.3, 0.4) is 0 Å². The third kappa shape index (κ3) is 3.59. The van der Waals surface area contributed by atoms with Gasteiger partial charge in [0.25, 0.3) is 5.91 Å². The van der Waals surface area contributed by atoms with Crippen molar-refractivity contribution in [3.63, 3.8) is 0 Å². The van der Waals surface area contributed by atoms with Gasteiger partial charge in [0.15, 0.2) is 0 Å². The van der Waals surface area contributed by atoms with E-state index in [9.17, 15) is 4.79 Å². The Balaban J connectivity index is 1.95. The molecular formula is C14H13N3OS. The molecule has 0 unspecified atom stereocenters. The fraction of sp³-hybridized carbons (Fsp3) is 0.0714. The lowest BCUT2D eigenvalue weighted by Crippen LogP contribution is -2.22. The van der Waals surface area contributed by atoms with Crippen LogP contribution in [0.4, 0.5) is 0 Å². The molecule has 4 nitrogen and oxygen atoms in total. The van der Waals surface area contributed by atoms with Crippen molar-refractivity contribution in [1.82, 2.24) is 10.3 Å². The molecule has 0 saturated heterocycles. The maximum absolute atomic E-state index is 11.8. The van der Waals surface area contributed by atoms with Crippen molar-refractivity contribution in [2.45, 2.75) is 6.54 Å². The van der Waals surface area contributed by atoms with Crippen LogP contribution in [0, 0.1) is 0 Å². The zero-order valence-corrected chi connectivity index (χ0v) is 11.0. The number of hydrogen-bond acceptors (Lipinski definition) is 3. The van der Waals surface area contributed by atoms with Crippen LogP contribution in [0.15, 0.2) is 48.8 Å². The number of hydrogen-bond donors (Lipinski definition) is 2. The van der Waals surface area contributed by atoms with Crippen LogP contribution in [-0.4, -0.2) is 15.9 Å². The summed E-state index contributed by atoms with van der Waals surface area (Å²) in [5.41, 5.74) is 7.86. The van der Waals surface area contributed by atoms with Gasteiger partial charge in [0.05, 0.1) is 5.56 Å². The maximum Gasteiger partial charge on any atom is 0.253 e. The van der Waals surface area contributed by atoms with Crippen LogP contribution in [0.5, 0.6) is 0 Å². The number of carbonyl (C=O) groups excluding carboxylic acids is 1. The number of thiocarbonyl (C=S) groups is 1. The topological polar surface area (TPSA) is 68.0 Å². The normalized spacial score (nSPS) is 9.89. The quantitative estimate of drug-likeness (QED) is 0.830. The summed E-state index contributed by atoms with van der Waals surface area (Å²) >= 11 is 4.88. The molecule has 1 amide bonds. The number of rotatable bonds is 4. The molecule has 19 heavy (non-hydrogen) atoms. The first-order valence-electron chi connectivity index (χ1n) is 5.74. The fourth-order valence-electron chi connectivity index (χ4n) is 1.57. The lowest BCUT2D eigenvalue weighted by molar-refractivity contribution is 0.0950.